The van der Waals surface area contributed by atoms with Gasteiger partial charge in [0.05, 0.1) is 19.8 Å². The van der Waals surface area contributed by atoms with Crippen molar-refractivity contribution >= 4 is 0 Å². The van der Waals surface area contributed by atoms with Gasteiger partial charge in [-0.2, -0.15) is 0 Å². The zero-order valence-corrected chi connectivity index (χ0v) is 13.8. The lowest BCUT2D eigenvalue weighted by atomic mass is 10.0. The van der Waals surface area contributed by atoms with Gasteiger partial charge in [0.15, 0.2) is 5.79 Å². The quantitative estimate of drug-likeness (QED) is 0.816. The first-order valence-electron chi connectivity index (χ1n) is 8.37. The lowest BCUT2D eigenvalue weighted by molar-refractivity contribution is -0.218. The minimum atomic E-state index is -0.721. The van der Waals surface area contributed by atoms with Crippen LogP contribution in [-0.2, 0) is 32.2 Å². The summed E-state index contributed by atoms with van der Waals surface area (Å²) in [5.74, 6) is -0.721. The second-order valence-corrected chi connectivity index (χ2v) is 6.46. The van der Waals surface area contributed by atoms with Crippen LogP contribution in [0.15, 0.2) is 60.7 Å². The maximum absolute atomic E-state index is 6.16. The number of fused-ring (bicyclic) bond motifs is 2. The largest absolute Gasteiger partial charge is 0.368 e. The van der Waals surface area contributed by atoms with Crippen LogP contribution < -0.4 is 0 Å². The Bertz CT molecular complexity index is 660. The Kier molecular flexibility index (Phi) is 4.37. The number of rotatable bonds is 6. The Morgan fingerprint density at radius 3 is 2.12 bits per heavy atom. The van der Waals surface area contributed by atoms with Crippen molar-refractivity contribution in [3.05, 3.63) is 71.8 Å². The van der Waals surface area contributed by atoms with E-state index in [1.165, 1.54) is 0 Å². The summed E-state index contributed by atoms with van der Waals surface area (Å²) >= 11 is 0. The summed E-state index contributed by atoms with van der Waals surface area (Å²) in [4.78, 5) is 0. The second kappa shape index (κ2) is 6.65. The Morgan fingerprint density at radius 2 is 1.50 bits per heavy atom. The molecule has 2 fully saturated rings. The van der Waals surface area contributed by atoms with Crippen LogP contribution in [0.3, 0.4) is 0 Å². The Hall–Kier alpha value is -1.72. The van der Waals surface area contributed by atoms with Crippen molar-refractivity contribution in [1.29, 1.82) is 0 Å². The number of hydrogen-bond acceptors (Lipinski definition) is 4. The van der Waals surface area contributed by atoms with Crippen LogP contribution in [0.25, 0.3) is 0 Å². The molecule has 0 N–H and O–H groups in total. The van der Waals surface area contributed by atoms with Gasteiger partial charge in [0.25, 0.3) is 0 Å². The first-order valence-corrected chi connectivity index (χ1v) is 8.37. The number of hydrogen-bond donors (Lipinski definition) is 0. The standard InChI is InChI=1S/C20H22O4/c1-20-19(22-13-16-10-6-3-7-11-16)18(17(24-20)14-23-20)21-12-15-8-4-2-5-9-15/h2-11,17-19H,12-14H2,1H3/t17-,18+,19-,20-/m0/s1. The molecule has 2 heterocycles. The van der Waals surface area contributed by atoms with Gasteiger partial charge in [0.1, 0.15) is 18.3 Å². The Labute approximate surface area is 142 Å². The van der Waals surface area contributed by atoms with Gasteiger partial charge >= 0.3 is 0 Å². The molecule has 2 aromatic carbocycles. The van der Waals surface area contributed by atoms with Crippen molar-refractivity contribution in [2.24, 2.45) is 0 Å². The highest BCUT2D eigenvalue weighted by atomic mass is 16.8. The summed E-state index contributed by atoms with van der Waals surface area (Å²) in [6.45, 7) is 3.56. The highest BCUT2D eigenvalue weighted by Gasteiger charge is 2.60. The van der Waals surface area contributed by atoms with Crippen LogP contribution in [0.2, 0.25) is 0 Å². The van der Waals surface area contributed by atoms with Gasteiger partial charge in [-0.3, -0.25) is 0 Å². The van der Waals surface area contributed by atoms with Crippen LogP contribution in [0.1, 0.15) is 18.1 Å². The van der Waals surface area contributed by atoms with Crippen LogP contribution in [0.5, 0.6) is 0 Å². The molecule has 2 bridgehead atoms. The van der Waals surface area contributed by atoms with Gasteiger partial charge in [-0.1, -0.05) is 60.7 Å². The van der Waals surface area contributed by atoms with E-state index in [9.17, 15) is 0 Å². The first kappa shape index (κ1) is 15.8. The predicted molar refractivity (Wildman–Crippen MR) is 89.3 cm³/mol. The van der Waals surface area contributed by atoms with Gasteiger partial charge in [0.2, 0.25) is 0 Å². The number of ether oxygens (including phenoxy) is 4. The minimum absolute atomic E-state index is 0.0699. The molecule has 0 amide bonds. The van der Waals surface area contributed by atoms with E-state index in [-0.39, 0.29) is 18.3 Å². The van der Waals surface area contributed by atoms with Crippen LogP contribution in [-0.4, -0.2) is 30.7 Å². The topological polar surface area (TPSA) is 36.9 Å². The van der Waals surface area contributed by atoms with Gasteiger partial charge in [-0.15, -0.1) is 0 Å². The fourth-order valence-electron chi connectivity index (χ4n) is 3.39. The summed E-state index contributed by atoms with van der Waals surface area (Å²) < 4.78 is 24.1. The summed E-state index contributed by atoms with van der Waals surface area (Å²) in [5, 5.41) is 0. The van der Waals surface area contributed by atoms with Crippen LogP contribution in [0.4, 0.5) is 0 Å². The average Bonchev–Trinajstić information content (AvgIpc) is 3.13. The molecule has 24 heavy (non-hydrogen) atoms. The Morgan fingerprint density at radius 1 is 0.917 bits per heavy atom. The fraction of sp³-hybridized carbons (Fsp3) is 0.400. The van der Waals surface area contributed by atoms with E-state index >= 15 is 0 Å². The molecular formula is C20H22O4. The zero-order valence-electron chi connectivity index (χ0n) is 13.8. The zero-order chi connectivity index (χ0) is 16.4. The van der Waals surface area contributed by atoms with E-state index < -0.39 is 5.79 Å². The highest BCUT2D eigenvalue weighted by molar-refractivity contribution is 5.15. The minimum Gasteiger partial charge on any atom is -0.368 e. The SMILES string of the molecule is C[C@]12OC[C@H](O1)[C@@H](OCc1ccccc1)[C@@H]2OCc1ccccc1. The lowest BCUT2D eigenvalue weighted by Gasteiger charge is -2.33. The molecule has 0 aliphatic carbocycles. The molecule has 2 saturated heterocycles. The summed E-state index contributed by atoms with van der Waals surface area (Å²) in [5.41, 5.74) is 2.28. The predicted octanol–water partition coefficient (Wildman–Crippen LogP) is 3.30. The van der Waals surface area contributed by atoms with E-state index in [4.69, 9.17) is 18.9 Å². The van der Waals surface area contributed by atoms with E-state index in [1.54, 1.807) is 0 Å². The molecule has 0 radical (unpaired) electrons. The molecule has 2 aromatic rings. The molecule has 2 aliphatic rings. The molecule has 4 nitrogen and oxygen atoms in total. The number of benzene rings is 2. The maximum atomic E-state index is 6.16. The molecule has 0 saturated carbocycles. The molecule has 0 spiro atoms. The van der Waals surface area contributed by atoms with Gasteiger partial charge in [-0.05, 0) is 18.1 Å². The highest BCUT2D eigenvalue weighted by Crippen LogP contribution is 2.42. The van der Waals surface area contributed by atoms with Crippen molar-refractivity contribution in [2.45, 2.75) is 44.2 Å². The molecule has 126 valence electrons. The Balaban J connectivity index is 1.43. The van der Waals surface area contributed by atoms with E-state index in [0.717, 1.165) is 11.1 Å². The van der Waals surface area contributed by atoms with E-state index in [1.807, 2.05) is 43.3 Å². The van der Waals surface area contributed by atoms with Crippen molar-refractivity contribution in [2.75, 3.05) is 6.61 Å². The molecule has 2 aliphatic heterocycles. The molecule has 4 atom stereocenters. The molecule has 0 unspecified atom stereocenters. The smallest absolute Gasteiger partial charge is 0.195 e. The van der Waals surface area contributed by atoms with Crippen molar-refractivity contribution in [3.63, 3.8) is 0 Å². The van der Waals surface area contributed by atoms with Crippen molar-refractivity contribution in [1.82, 2.24) is 0 Å². The third-order valence-corrected chi connectivity index (χ3v) is 4.66. The average molecular weight is 326 g/mol. The normalized spacial score (nSPS) is 31.5. The van der Waals surface area contributed by atoms with Gasteiger partial charge in [-0.25, -0.2) is 0 Å². The molecule has 4 heteroatoms. The third kappa shape index (κ3) is 3.10. The van der Waals surface area contributed by atoms with Crippen molar-refractivity contribution in [3.8, 4) is 0 Å². The third-order valence-electron chi connectivity index (χ3n) is 4.66. The van der Waals surface area contributed by atoms with Crippen molar-refractivity contribution < 1.29 is 18.9 Å². The first-order chi connectivity index (χ1) is 11.7. The second-order valence-electron chi connectivity index (χ2n) is 6.46. The molecular weight excluding hydrogens is 304 g/mol. The van der Waals surface area contributed by atoms with Crippen LogP contribution >= 0.6 is 0 Å². The van der Waals surface area contributed by atoms with Crippen LogP contribution in [0, 0.1) is 0 Å². The monoisotopic (exact) mass is 326 g/mol. The van der Waals surface area contributed by atoms with E-state index in [0.29, 0.717) is 19.8 Å². The summed E-state index contributed by atoms with van der Waals surface area (Å²) in [6, 6.07) is 20.3. The lowest BCUT2D eigenvalue weighted by Crippen LogP contribution is -2.49. The van der Waals surface area contributed by atoms with Gasteiger partial charge < -0.3 is 18.9 Å². The summed E-state index contributed by atoms with van der Waals surface area (Å²) in [7, 11) is 0. The maximum Gasteiger partial charge on any atom is 0.195 e. The molecule has 4 rings (SSSR count). The molecule has 0 aromatic heterocycles. The summed E-state index contributed by atoms with van der Waals surface area (Å²) in [6.07, 6.45) is -0.424. The fourth-order valence-corrected chi connectivity index (χ4v) is 3.39. The van der Waals surface area contributed by atoms with Gasteiger partial charge in [0, 0.05) is 0 Å². The van der Waals surface area contributed by atoms with E-state index in [2.05, 4.69) is 24.3 Å².